The number of fused-ring (bicyclic) bond motifs is 1. The lowest BCUT2D eigenvalue weighted by molar-refractivity contribution is -0.122. The molecule has 0 unspecified atom stereocenters. The fraction of sp³-hybridized carbons (Fsp3) is 0.286. The highest BCUT2D eigenvalue weighted by Crippen LogP contribution is 2.35. The summed E-state index contributed by atoms with van der Waals surface area (Å²) in [5.74, 6) is 0.601. The van der Waals surface area contributed by atoms with Gasteiger partial charge in [-0.1, -0.05) is 17.4 Å². The van der Waals surface area contributed by atoms with Crippen LogP contribution in [0, 0.1) is 12.8 Å². The highest BCUT2D eigenvalue weighted by Gasteiger charge is 2.36. The Kier molecular flexibility index (Phi) is 5.10. The molecule has 0 spiro atoms. The van der Waals surface area contributed by atoms with Crippen molar-refractivity contribution < 1.29 is 19.1 Å². The van der Waals surface area contributed by atoms with Gasteiger partial charge < -0.3 is 19.7 Å². The number of thiazole rings is 1. The van der Waals surface area contributed by atoms with Crippen LogP contribution >= 0.6 is 11.3 Å². The van der Waals surface area contributed by atoms with Crippen LogP contribution in [0.5, 0.6) is 11.5 Å². The van der Waals surface area contributed by atoms with Crippen LogP contribution in [0.3, 0.4) is 0 Å². The van der Waals surface area contributed by atoms with Crippen LogP contribution < -0.4 is 19.7 Å². The Morgan fingerprint density at radius 1 is 1.21 bits per heavy atom. The smallest absolute Gasteiger partial charge is 0.231 e. The number of aromatic nitrogens is 1. The van der Waals surface area contributed by atoms with Gasteiger partial charge in [-0.3, -0.25) is 9.59 Å². The number of ether oxygens (including phenoxy) is 2. The number of nitrogens with zero attached hydrogens (tertiary/aromatic N) is 2. The van der Waals surface area contributed by atoms with Crippen LogP contribution in [0.25, 0.3) is 10.2 Å². The molecule has 3 aromatic rings. The first kappa shape index (κ1) is 19.2. The second-order valence-electron chi connectivity index (χ2n) is 6.92. The predicted octanol–water partition coefficient (Wildman–Crippen LogP) is 3.61. The molecule has 1 atom stereocenters. The monoisotopic (exact) mass is 411 g/mol. The summed E-state index contributed by atoms with van der Waals surface area (Å²) in [5, 5.41) is 3.37. The van der Waals surface area contributed by atoms with Gasteiger partial charge in [0.2, 0.25) is 11.8 Å². The van der Waals surface area contributed by atoms with Gasteiger partial charge in [-0.15, -0.1) is 0 Å². The zero-order valence-corrected chi connectivity index (χ0v) is 17.2. The third kappa shape index (κ3) is 3.75. The van der Waals surface area contributed by atoms with Crippen LogP contribution in [-0.2, 0) is 9.59 Å². The summed E-state index contributed by atoms with van der Waals surface area (Å²) in [5.41, 5.74) is 2.51. The quantitative estimate of drug-likeness (QED) is 0.694. The van der Waals surface area contributed by atoms with Gasteiger partial charge in [0.15, 0.2) is 5.13 Å². The molecule has 29 heavy (non-hydrogen) atoms. The lowest BCUT2D eigenvalue weighted by atomic mass is 10.1. The minimum atomic E-state index is -0.450. The SMILES string of the molecule is COc1ccc2nc(NC(=O)[C@@H]3CC(=O)N(c4cc(C)ccc4OC)C3)sc2c1. The maximum Gasteiger partial charge on any atom is 0.231 e. The molecule has 7 nitrogen and oxygen atoms in total. The van der Waals surface area contributed by atoms with E-state index in [9.17, 15) is 9.59 Å². The van der Waals surface area contributed by atoms with Gasteiger partial charge in [0, 0.05) is 13.0 Å². The van der Waals surface area contributed by atoms with E-state index < -0.39 is 5.92 Å². The molecule has 1 saturated heterocycles. The Morgan fingerprint density at radius 2 is 2.03 bits per heavy atom. The van der Waals surface area contributed by atoms with Crippen LogP contribution in [0.4, 0.5) is 10.8 Å². The Balaban J connectivity index is 1.50. The van der Waals surface area contributed by atoms with E-state index in [0.717, 1.165) is 21.5 Å². The van der Waals surface area contributed by atoms with Crippen molar-refractivity contribution in [2.24, 2.45) is 5.92 Å². The molecule has 0 radical (unpaired) electrons. The van der Waals surface area contributed by atoms with Gasteiger partial charge in [0.1, 0.15) is 11.5 Å². The second kappa shape index (κ2) is 7.71. The highest BCUT2D eigenvalue weighted by molar-refractivity contribution is 7.22. The third-order valence-electron chi connectivity index (χ3n) is 4.95. The fourth-order valence-corrected chi connectivity index (χ4v) is 4.32. The minimum Gasteiger partial charge on any atom is -0.497 e. The van der Waals surface area contributed by atoms with Crippen molar-refractivity contribution >= 4 is 44.2 Å². The molecule has 150 valence electrons. The molecule has 1 aromatic heterocycles. The van der Waals surface area contributed by atoms with Crippen molar-refractivity contribution in [1.29, 1.82) is 0 Å². The molecule has 8 heteroatoms. The zero-order valence-electron chi connectivity index (χ0n) is 16.4. The lowest BCUT2D eigenvalue weighted by Gasteiger charge is -2.20. The number of hydrogen-bond donors (Lipinski definition) is 1. The molecule has 4 rings (SSSR count). The predicted molar refractivity (Wildman–Crippen MR) is 113 cm³/mol. The molecule has 0 saturated carbocycles. The van der Waals surface area contributed by atoms with Crippen molar-refractivity contribution in [3.8, 4) is 11.5 Å². The van der Waals surface area contributed by atoms with E-state index in [2.05, 4.69) is 10.3 Å². The maximum absolute atomic E-state index is 12.8. The first-order valence-electron chi connectivity index (χ1n) is 9.19. The molecule has 1 aliphatic rings. The number of methoxy groups -OCH3 is 2. The van der Waals surface area contributed by atoms with Gasteiger partial charge in [-0.05, 0) is 42.8 Å². The van der Waals surface area contributed by atoms with E-state index in [1.807, 2.05) is 43.3 Å². The first-order valence-corrected chi connectivity index (χ1v) is 10.0. The van der Waals surface area contributed by atoms with Crippen LogP contribution in [0.2, 0.25) is 0 Å². The highest BCUT2D eigenvalue weighted by atomic mass is 32.1. The van der Waals surface area contributed by atoms with Crippen molar-refractivity contribution in [2.45, 2.75) is 13.3 Å². The van der Waals surface area contributed by atoms with E-state index >= 15 is 0 Å². The Labute approximate surface area is 172 Å². The Bertz CT molecular complexity index is 1090. The molecule has 0 bridgehead atoms. The van der Waals surface area contributed by atoms with Crippen molar-refractivity contribution in [3.63, 3.8) is 0 Å². The van der Waals surface area contributed by atoms with Crippen LogP contribution in [0.15, 0.2) is 36.4 Å². The molecular formula is C21H21N3O4S. The molecule has 2 aromatic carbocycles. The standard InChI is InChI=1S/C21H21N3O4S/c1-12-4-7-17(28-3)16(8-12)24-11-13(9-19(24)25)20(26)23-21-22-15-6-5-14(27-2)10-18(15)29-21/h4-8,10,13H,9,11H2,1-3H3,(H,22,23,26)/t13-/m1/s1. The van der Waals surface area contributed by atoms with E-state index in [1.54, 1.807) is 19.1 Å². The lowest BCUT2D eigenvalue weighted by Crippen LogP contribution is -2.28. The van der Waals surface area contributed by atoms with E-state index in [1.165, 1.54) is 11.3 Å². The van der Waals surface area contributed by atoms with Crippen LogP contribution in [0.1, 0.15) is 12.0 Å². The molecule has 1 aliphatic heterocycles. The number of carbonyl (C=O) groups excluding carboxylic acids is 2. The van der Waals surface area contributed by atoms with Gasteiger partial charge in [0.25, 0.3) is 0 Å². The molecule has 1 fully saturated rings. The minimum absolute atomic E-state index is 0.0944. The normalized spacial score (nSPS) is 16.3. The second-order valence-corrected chi connectivity index (χ2v) is 7.95. The van der Waals surface area contributed by atoms with E-state index in [0.29, 0.717) is 23.1 Å². The molecule has 2 amide bonds. The Morgan fingerprint density at radius 3 is 2.79 bits per heavy atom. The summed E-state index contributed by atoms with van der Waals surface area (Å²) in [6.07, 6.45) is 0.154. The van der Waals surface area contributed by atoms with Gasteiger partial charge in [-0.25, -0.2) is 4.98 Å². The first-order chi connectivity index (χ1) is 14.0. The van der Waals surface area contributed by atoms with Gasteiger partial charge in [-0.2, -0.15) is 0 Å². The summed E-state index contributed by atoms with van der Waals surface area (Å²) in [7, 11) is 3.18. The molecular weight excluding hydrogens is 390 g/mol. The molecule has 2 heterocycles. The Hall–Kier alpha value is -3.13. The van der Waals surface area contributed by atoms with E-state index in [-0.39, 0.29) is 18.2 Å². The van der Waals surface area contributed by atoms with Gasteiger partial charge >= 0.3 is 0 Å². The summed E-state index contributed by atoms with van der Waals surface area (Å²) >= 11 is 1.38. The number of amides is 2. The summed E-state index contributed by atoms with van der Waals surface area (Å²) in [6.45, 7) is 2.26. The zero-order chi connectivity index (χ0) is 20.5. The van der Waals surface area contributed by atoms with Crippen molar-refractivity contribution in [2.75, 3.05) is 31.0 Å². The summed E-state index contributed by atoms with van der Waals surface area (Å²) in [6, 6.07) is 11.2. The summed E-state index contributed by atoms with van der Waals surface area (Å²) in [4.78, 5) is 31.4. The summed E-state index contributed by atoms with van der Waals surface area (Å²) < 4.78 is 11.5. The molecule has 1 N–H and O–H groups in total. The van der Waals surface area contributed by atoms with Crippen molar-refractivity contribution in [1.82, 2.24) is 4.98 Å². The number of benzene rings is 2. The molecule has 0 aliphatic carbocycles. The number of nitrogens with one attached hydrogen (secondary N) is 1. The number of aryl methyl sites for hydroxylation is 1. The average molecular weight is 411 g/mol. The van der Waals surface area contributed by atoms with Crippen LogP contribution in [-0.4, -0.2) is 37.6 Å². The fourth-order valence-electron chi connectivity index (χ4n) is 3.42. The maximum atomic E-state index is 12.8. The number of anilines is 2. The average Bonchev–Trinajstić information content (AvgIpc) is 3.29. The largest absolute Gasteiger partial charge is 0.497 e. The van der Waals surface area contributed by atoms with Crippen molar-refractivity contribution in [3.05, 3.63) is 42.0 Å². The number of rotatable bonds is 5. The number of hydrogen-bond acceptors (Lipinski definition) is 6. The third-order valence-corrected chi connectivity index (χ3v) is 5.88. The number of carbonyl (C=O) groups is 2. The topological polar surface area (TPSA) is 80.8 Å². The van der Waals surface area contributed by atoms with E-state index in [4.69, 9.17) is 9.47 Å². The van der Waals surface area contributed by atoms with Gasteiger partial charge in [0.05, 0.1) is 36.0 Å².